The number of rotatable bonds is 4. The molecule has 6 heteroatoms. The van der Waals surface area contributed by atoms with E-state index in [1.165, 1.54) is 6.07 Å². The summed E-state index contributed by atoms with van der Waals surface area (Å²) in [5.41, 5.74) is -0.141. The summed E-state index contributed by atoms with van der Waals surface area (Å²) in [7, 11) is 0. The van der Waals surface area contributed by atoms with E-state index in [2.05, 4.69) is 21.2 Å². The Kier molecular flexibility index (Phi) is 3.51. The van der Waals surface area contributed by atoms with Gasteiger partial charge in [-0.05, 0) is 65.2 Å². The Morgan fingerprint density at radius 3 is 2.52 bits per heavy atom. The quantitative estimate of drug-likeness (QED) is 0.816. The maximum absolute atomic E-state index is 13.2. The smallest absolute Gasteiger partial charge is 0.319 e. The molecule has 2 fully saturated rings. The van der Waals surface area contributed by atoms with E-state index in [0.717, 1.165) is 18.4 Å². The Labute approximate surface area is 129 Å². The van der Waals surface area contributed by atoms with Crippen molar-refractivity contribution in [1.82, 2.24) is 5.32 Å². The van der Waals surface area contributed by atoms with Crippen molar-refractivity contribution >= 4 is 27.8 Å². The molecule has 112 valence electrons. The molecule has 2 N–H and O–H groups in total. The lowest BCUT2D eigenvalue weighted by Crippen LogP contribution is -2.48. The number of nitrogens with one attached hydrogen (secondary N) is 1. The summed E-state index contributed by atoms with van der Waals surface area (Å²) >= 11 is 3.16. The largest absolute Gasteiger partial charge is 0.480 e. The van der Waals surface area contributed by atoms with Crippen LogP contribution in [0.15, 0.2) is 22.7 Å². The molecule has 0 aliphatic heterocycles. The van der Waals surface area contributed by atoms with E-state index in [-0.39, 0.29) is 23.7 Å². The number of benzene rings is 1. The average molecular weight is 356 g/mol. The van der Waals surface area contributed by atoms with E-state index in [4.69, 9.17) is 5.11 Å². The summed E-state index contributed by atoms with van der Waals surface area (Å²) < 4.78 is 13.6. The minimum absolute atomic E-state index is 0.0168. The van der Waals surface area contributed by atoms with Gasteiger partial charge in [0.15, 0.2) is 0 Å². The second-order valence-electron chi connectivity index (χ2n) is 5.90. The number of aliphatic carboxylic acids is 1. The number of carbonyl (C=O) groups is 2. The van der Waals surface area contributed by atoms with Gasteiger partial charge in [-0.1, -0.05) is 6.07 Å². The molecule has 0 unspecified atom stereocenters. The Balaban J connectivity index is 1.55. The minimum Gasteiger partial charge on any atom is -0.480 e. The number of carbonyl (C=O) groups excluding carboxylic acids is 1. The third kappa shape index (κ3) is 2.57. The molecule has 2 saturated carbocycles. The highest BCUT2D eigenvalue weighted by atomic mass is 79.9. The molecule has 0 radical (unpaired) electrons. The fourth-order valence-corrected chi connectivity index (χ4v) is 3.16. The summed E-state index contributed by atoms with van der Waals surface area (Å²) in [6, 6.07) is 4.96. The van der Waals surface area contributed by atoms with Crippen molar-refractivity contribution in [3.8, 4) is 0 Å². The third-order valence-electron chi connectivity index (χ3n) is 4.48. The summed E-state index contributed by atoms with van der Waals surface area (Å²) in [6.07, 6.45) is 2.38. The van der Waals surface area contributed by atoms with Gasteiger partial charge in [0.25, 0.3) is 0 Å². The van der Waals surface area contributed by atoms with Crippen LogP contribution in [0.4, 0.5) is 4.39 Å². The monoisotopic (exact) mass is 355 g/mol. The van der Waals surface area contributed by atoms with Crippen molar-refractivity contribution < 1.29 is 19.1 Å². The van der Waals surface area contributed by atoms with E-state index < -0.39 is 11.4 Å². The molecule has 1 amide bonds. The highest BCUT2D eigenvalue weighted by Crippen LogP contribution is 2.47. The van der Waals surface area contributed by atoms with Gasteiger partial charge in [-0.25, -0.2) is 4.39 Å². The Hall–Kier alpha value is -1.43. The minimum atomic E-state index is -1.18. The first-order chi connectivity index (χ1) is 9.92. The predicted molar refractivity (Wildman–Crippen MR) is 77.3 cm³/mol. The van der Waals surface area contributed by atoms with E-state index in [0.29, 0.717) is 17.3 Å². The van der Waals surface area contributed by atoms with E-state index in [1.807, 2.05) is 0 Å². The number of hydrogen-bond donors (Lipinski definition) is 2. The number of hydrogen-bond acceptors (Lipinski definition) is 2. The van der Waals surface area contributed by atoms with Crippen LogP contribution in [0, 0.1) is 11.2 Å². The summed E-state index contributed by atoms with van der Waals surface area (Å²) in [5, 5.41) is 11.9. The van der Waals surface area contributed by atoms with Gasteiger partial charge in [-0.15, -0.1) is 0 Å². The van der Waals surface area contributed by atoms with Crippen LogP contribution in [-0.4, -0.2) is 23.0 Å². The summed E-state index contributed by atoms with van der Waals surface area (Å²) in [6.45, 7) is 0. The van der Waals surface area contributed by atoms with Crippen molar-refractivity contribution in [2.75, 3.05) is 0 Å². The molecule has 0 aromatic heterocycles. The van der Waals surface area contributed by atoms with Crippen molar-refractivity contribution in [2.24, 2.45) is 5.41 Å². The van der Waals surface area contributed by atoms with Crippen LogP contribution in [0.3, 0.4) is 0 Å². The molecule has 0 atom stereocenters. The molecule has 3 rings (SSSR count). The van der Waals surface area contributed by atoms with Gasteiger partial charge >= 0.3 is 5.97 Å². The molecule has 0 spiro atoms. The summed E-state index contributed by atoms with van der Waals surface area (Å²) in [5.74, 6) is -1.40. The lowest BCUT2D eigenvalue weighted by Gasteiger charge is -2.36. The molecule has 0 bridgehead atoms. The number of halogens is 2. The number of carboxylic acid groups (broad SMARTS) is 1. The summed E-state index contributed by atoms with van der Waals surface area (Å²) in [4.78, 5) is 23.0. The molecular formula is C15H15BrFNO3. The molecule has 2 aliphatic rings. The van der Waals surface area contributed by atoms with Crippen molar-refractivity contribution in [1.29, 1.82) is 0 Å². The first-order valence-electron chi connectivity index (χ1n) is 6.92. The van der Waals surface area contributed by atoms with Gasteiger partial charge in [0.1, 0.15) is 11.2 Å². The Bertz CT molecular complexity index is 609. The van der Waals surface area contributed by atoms with Crippen molar-refractivity contribution in [3.05, 3.63) is 34.1 Å². The zero-order chi connectivity index (χ0) is 15.2. The van der Waals surface area contributed by atoms with Crippen LogP contribution in [-0.2, 0) is 9.59 Å². The highest BCUT2D eigenvalue weighted by molar-refractivity contribution is 9.10. The third-order valence-corrected chi connectivity index (χ3v) is 5.09. The standard InChI is InChI=1S/C15H15BrFNO3/c16-11-7-8(1-2-12(11)17)9-5-10(6-9)18-13(19)15(3-4-15)14(20)21/h1-2,7,9-10H,3-6H2,(H,18,19)(H,20,21). The second kappa shape index (κ2) is 5.09. The molecule has 4 nitrogen and oxygen atoms in total. The molecule has 0 heterocycles. The van der Waals surface area contributed by atoms with Crippen LogP contribution in [0.5, 0.6) is 0 Å². The SMILES string of the molecule is O=C(O)C1(C(=O)NC2CC(c3ccc(F)c(Br)c3)C2)CC1. The van der Waals surface area contributed by atoms with Crippen molar-refractivity contribution in [2.45, 2.75) is 37.6 Å². The van der Waals surface area contributed by atoms with Gasteiger partial charge in [-0.2, -0.15) is 0 Å². The van der Waals surface area contributed by atoms with Gasteiger partial charge in [0.2, 0.25) is 5.91 Å². The fourth-order valence-electron chi connectivity index (χ4n) is 2.76. The predicted octanol–water partition coefficient (Wildman–Crippen LogP) is 2.82. The lowest BCUT2D eigenvalue weighted by molar-refractivity contribution is -0.149. The second-order valence-corrected chi connectivity index (χ2v) is 6.75. The van der Waals surface area contributed by atoms with E-state index in [9.17, 15) is 14.0 Å². The van der Waals surface area contributed by atoms with Crippen LogP contribution in [0.25, 0.3) is 0 Å². The zero-order valence-corrected chi connectivity index (χ0v) is 12.8. The Morgan fingerprint density at radius 2 is 2.00 bits per heavy atom. The van der Waals surface area contributed by atoms with Gasteiger partial charge in [-0.3, -0.25) is 9.59 Å². The number of amides is 1. The number of carboxylic acids is 1. The normalized spacial score (nSPS) is 25.8. The molecule has 2 aliphatic carbocycles. The molecule has 1 aromatic carbocycles. The van der Waals surface area contributed by atoms with Crippen LogP contribution >= 0.6 is 15.9 Å². The van der Waals surface area contributed by atoms with E-state index in [1.54, 1.807) is 12.1 Å². The van der Waals surface area contributed by atoms with Gasteiger partial charge < -0.3 is 10.4 Å². The maximum Gasteiger partial charge on any atom is 0.319 e. The first kappa shape index (κ1) is 14.5. The topological polar surface area (TPSA) is 66.4 Å². The van der Waals surface area contributed by atoms with Crippen LogP contribution < -0.4 is 5.32 Å². The van der Waals surface area contributed by atoms with Crippen molar-refractivity contribution in [3.63, 3.8) is 0 Å². The van der Waals surface area contributed by atoms with E-state index >= 15 is 0 Å². The molecule has 1 aromatic rings. The molecular weight excluding hydrogens is 341 g/mol. The van der Waals surface area contributed by atoms with Gasteiger partial charge in [0.05, 0.1) is 4.47 Å². The zero-order valence-electron chi connectivity index (χ0n) is 11.2. The van der Waals surface area contributed by atoms with Gasteiger partial charge in [0, 0.05) is 6.04 Å². The maximum atomic E-state index is 13.2. The lowest BCUT2D eigenvalue weighted by atomic mass is 9.75. The average Bonchev–Trinajstić information content (AvgIpc) is 3.18. The van der Waals surface area contributed by atoms with Crippen LogP contribution in [0.1, 0.15) is 37.2 Å². The molecule has 0 saturated heterocycles. The fraction of sp³-hybridized carbons (Fsp3) is 0.467. The highest BCUT2D eigenvalue weighted by Gasteiger charge is 2.57. The first-order valence-corrected chi connectivity index (χ1v) is 7.71. The molecule has 21 heavy (non-hydrogen) atoms. The van der Waals surface area contributed by atoms with Crippen LogP contribution in [0.2, 0.25) is 0 Å². The Morgan fingerprint density at radius 1 is 1.33 bits per heavy atom.